The Labute approximate surface area is 91.9 Å². The molecule has 2 rings (SSSR count). The van der Waals surface area contributed by atoms with Gasteiger partial charge in [0.15, 0.2) is 0 Å². The summed E-state index contributed by atoms with van der Waals surface area (Å²) in [6.07, 6.45) is 4.65. The zero-order valence-electron chi connectivity index (χ0n) is 9.50. The average Bonchev–Trinajstić information content (AvgIpc) is 2.71. The van der Waals surface area contributed by atoms with E-state index in [1.165, 1.54) is 38.2 Å². The number of aromatic amines is 1. The molecule has 0 atom stereocenters. The Kier molecular flexibility index (Phi) is 3.80. The lowest BCUT2D eigenvalue weighted by atomic mass is 9.98. The summed E-state index contributed by atoms with van der Waals surface area (Å²) in [5.74, 6) is 0.881. The van der Waals surface area contributed by atoms with Gasteiger partial charge in [0.2, 0.25) is 0 Å². The van der Waals surface area contributed by atoms with Gasteiger partial charge in [-0.1, -0.05) is 0 Å². The van der Waals surface area contributed by atoms with Gasteiger partial charge in [-0.15, -0.1) is 0 Å². The fraction of sp³-hybridized carbons (Fsp3) is 0.667. The van der Waals surface area contributed by atoms with Crippen molar-refractivity contribution in [3.8, 4) is 0 Å². The first kappa shape index (κ1) is 10.7. The number of nitrogens with zero attached hydrogens (tertiary/aromatic N) is 1. The van der Waals surface area contributed by atoms with Gasteiger partial charge in [-0.25, -0.2) is 0 Å². The van der Waals surface area contributed by atoms with Crippen LogP contribution in [-0.2, 0) is 6.54 Å². The quantitative estimate of drug-likeness (QED) is 0.783. The van der Waals surface area contributed by atoms with Gasteiger partial charge in [0.05, 0.1) is 0 Å². The lowest BCUT2D eigenvalue weighted by molar-refractivity contribution is 0.233. The van der Waals surface area contributed by atoms with Gasteiger partial charge in [-0.3, -0.25) is 0 Å². The number of H-pyrrole nitrogens is 1. The summed E-state index contributed by atoms with van der Waals surface area (Å²) in [6, 6.07) is 4.21. The summed E-state index contributed by atoms with van der Waals surface area (Å²) < 4.78 is 0. The topological polar surface area (TPSA) is 31.1 Å². The van der Waals surface area contributed by atoms with Gasteiger partial charge in [0.25, 0.3) is 0 Å². The van der Waals surface area contributed by atoms with Crippen LogP contribution in [0.1, 0.15) is 18.5 Å². The van der Waals surface area contributed by atoms with Gasteiger partial charge in [-0.2, -0.15) is 0 Å². The molecule has 0 spiro atoms. The van der Waals surface area contributed by atoms with Crippen LogP contribution < -0.4 is 5.32 Å². The molecular formula is C12H21N3. The monoisotopic (exact) mass is 207 g/mol. The molecule has 0 saturated carbocycles. The predicted octanol–water partition coefficient (Wildman–Crippen LogP) is 1.45. The third kappa shape index (κ3) is 3.36. The molecule has 0 bridgehead atoms. The summed E-state index contributed by atoms with van der Waals surface area (Å²) in [5.41, 5.74) is 1.31. The van der Waals surface area contributed by atoms with Crippen LogP contribution in [0.2, 0.25) is 0 Å². The van der Waals surface area contributed by atoms with Gasteiger partial charge < -0.3 is 15.2 Å². The Morgan fingerprint density at radius 1 is 1.40 bits per heavy atom. The molecule has 15 heavy (non-hydrogen) atoms. The predicted molar refractivity (Wildman–Crippen MR) is 62.7 cm³/mol. The number of rotatable bonds is 4. The molecule has 84 valence electrons. The van der Waals surface area contributed by atoms with Crippen LogP contribution in [0, 0.1) is 5.92 Å². The maximum atomic E-state index is 3.41. The Morgan fingerprint density at radius 2 is 2.20 bits per heavy atom. The molecule has 1 fully saturated rings. The zero-order chi connectivity index (χ0) is 10.5. The molecule has 1 aromatic heterocycles. The van der Waals surface area contributed by atoms with E-state index in [1.54, 1.807) is 0 Å². The van der Waals surface area contributed by atoms with Crippen LogP contribution in [0.4, 0.5) is 0 Å². The summed E-state index contributed by atoms with van der Waals surface area (Å²) in [6.45, 7) is 4.65. The maximum absolute atomic E-state index is 3.41. The van der Waals surface area contributed by atoms with Crippen LogP contribution in [0.5, 0.6) is 0 Å². The average molecular weight is 207 g/mol. The Hall–Kier alpha value is -0.800. The fourth-order valence-corrected chi connectivity index (χ4v) is 2.33. The number of piperidine rings is 1. The largest absolute Gasteiger partial charge is 0.364 e. The molecule has 0 radical (unpaired) electrons. The smallest absolute Gasteiger partial charge is 0.0382 e. The third-order valence-electron chi connectivity index (χ3n) is 3.13. The highest BCUT2D eigenvalue weighted by atomic mass is 15.1. The lowest BCUT2D eigenvalue weighted by Crippen LogP contribution is -2.34. The van der Waals surface area contributed by atoms with Gasteiger partial charge in [0.1, 0.15) is 0 Å². The normalized spacial score (nSPS) is 18.5. The fourth-order valence-electron chi connectivity index (χ4n) is 2.33. The van der Waals surface area contributed by atoms with Crippen molar-refractivity contribution in [2.24, 2.45) is 5.92 Å². The second-order valence-electron chi connectivity index (χ2n) is 4.59. The molecule has 1 aromatic rings. The van der Waals surface area contributed by atoms with Crippen LogP contribution in [0.25, 0.3) is 0 Å². The second-order valence-corrected chi connectivity index (χ2v) is 4.59. The number of hydrogen-bond donors (Lipinski definition) is 2. The second kappa shape index (κ2) is 5.33. The summed E-state index contributed by atoms with van der Waals surface area (Å²) in [4.78, 5) is 5.67. The lowest BCUT2D eigenvalue weighted by Gasteiger charge is -2.27. The summed E-state index contributed by atoms with van der Waals surface area (Å²) in [5, 5.41) is 3.41. The van der Waals surface area contributed by atoms with E-state index in [0.29, 0.717) is 0 Å². The zero-order valence-corrected chi connectivity index (χ0v) is 9.50. The van der Waals surface area contributed by atoms with Gasteiger partial charge >= 0.3 is 0 Å². The minimum Gasteiger partial charge on any atom is -0.364 e. The van der Waals surface area contributed by atoms with Crippen LogP contribution >= 0.6 is 0 Å². The minimum absolute atomic E-state index is 0.881. The molecule has 0 amide bonds. The van der Waals surface area contributed by atoms with E-state index in [9.17, 15) is 0 Å². The summed E-state index contributed by atoms with van der Waals surface area (Å²) in [7, 11) is 2.21. The Bertz CT molecular complexity index is 262. The highest BCUT2D eigenvalue weighted by Crippen LogP contribution is 2.13. The van der Waals surface area contributed by atoms with E-state index in [4.69, 9.17) is 0 Å². The van der Waals surface area contributed by atoms with Crippen LogP contribution in [0.15, 0.2) is 18.3 Å². The highest BCUT2D eigenvalue weighted by Gasteiger charge is 2.14. The van der Waals surface area contributed by atoms with Crippen molar-refractivity contribution in [1.82, 2.24) is 15.2 Å². The van der Waals surface area contributed by atoms with E-state index in [0.717, 1.165) is 12.5 Å². The van der Waals surface area contributed by atoms with Crippen molar-refractivity contribution >= 4 is 0 Å². The van der Waals surface area contributed by atoms with Crippen LogP contribution in [-0.4, -0.2) is 36.6 Å². The molecule has 0 aliphatic carbocycles. The van der Waals surface area contributed by atoms with Crippen molar-refractivity contribution in [3.05, 3.63) is 24.0 Å². The third-order valence-corrected chi connectivity index (χ3v) is 3.13. The van der Waals surface area contributed by atoms with E-state index in [2.05, 4.69) is 34.4 Å². The van der Waals surface area contributed by atoms with E-state index in [-0.39, 0.29) is 0 Å². The van der Waals surface area contributed by atoms with Crippen LogP contribution in [0.3, 0.4) is 0 Å². The molecule has 3 heteroatoms. The molecule has 0 aromatic carbocycles. The first-order valence-electron chi connectivity index (χ1n) is 5.86. The molecule has 0 unspecified atom stereocenters. The number of aromatic nitrogens is 1. The first-order chi connectivity index (χ1) is 7.34. The van der Waals surface area contributed by atoms with Gasteiger partial charge in [-0.05, 0) is 51.0 Å². The van der Waals surface area contributed by atoms with E-state index >= 15 is 0 Å². The van der Waals surface area contributed by atoms with Crippen molar-refractivity contribution in [3.63, 3.8) is 0 Å². The van der Waals surface area contributed by atoms with Gasteiger partial charge in [0, 0.05) is 25.0 Å². The Balaban J connectivity index is 1.74. The molecular weight excluding hydrogens is 186 g/mol. The summed E-state index contributed by atoms with van der Waals surface area (Å²) >= 11 is 0. The number of nitrogens with one attached hydrogen (secondary N) is 2. The Morgan fingerprint density at radius 3 is 2.87 bits per heavy atom. The minimum atomic E-state index is 0.881. The van der Waals surface area contributed by atoms with Crippen molar-refractivity contribution < 1.29 is 0 Å². The number of hydrogen-bond acceptors (Lipinski definition) is 2. The molecule has 1 aliphatic heterocycles. The standard InChI is InChI=1S/C12H21N3/c1-15(10-12-3-2-6-14-12)9-11-4-7-13-8-5-11/h2-3,6,11,13-14H,4-5,7-10H2,1H3. The molecule has 2 heterocycles. The molecule has 1 saturated heterocycles. The SMILES string of the molecule is CN(Cc1ccc[nH]1)CC1CCNCC1. The molecule has 2 N–H and O–H groups in total. The first-order valence-corrected chi connectivity index (χ1v) is 5.86. The highest BCUT2D eigenvalue weighted by molar-refractivity contribution is 5.03. The van der Waals surface area contributed by atoms with E-state index in [1.807, 2.05) is 6.20 Å². The molecule has 1 aliphatic rings. The van der Waals surface area contributed by atoms with Crippen molar-refractivity contribution in [2.45, 2.75) is 19.4 Å². The van der Waals surface area contributed by atoms with E-state index < -0.39 is 0 Å². The molecule has 3 nitrogen and oxygen atoms in total. The van der Waals surface area contributed by atoms with Crippen molar-refractivity contribution in [1.29, 1.82) is 0 Å². The maximum Gasteiger partial charge on any atom is 0.0382 e. The van der Waals surface area contributed by atoms with Crippen molar-refractivity contribution in [2.75, 3.05) is 26.7 Å².